The second-order valence-electron chi connectivity index (χ2n) is 8.46. The molecule has 3 heterocycles. The Morgan fingerprint density at radius 2 is 1.97 bits per heavy atom. The topological polar surface area (TPSA) is 77.6 Å². The highest BCUT2D eigenvalue weighted by molar-refractivity contribution is 5.96. The van der Waals surface area contributed by atoms with Crippen LogP contribution in [0.3, 0.4) is 0 Å². The standard InChI is InChI=1S/C24H31N5O2/c1-4-19-16(2)20-7-5-17(13-22(20)27-23(19)30)15-28-9-11-29(12-10-28)18-6-8-21(26-14-18)24(31)25-3/h5-8,13-14,16,19H,4,9-12,15H2,1-3H3,(H,25,31)(H,27,30)/t16-,19?/m1/s1. The molecule has 1 saturated heterocycles. The van der Waals surface area contributed by atoms with Crippen molar-refractivity contribution in [3.8, 4) is 0 Å². The number of hydrogen-bond acceptors (Lipinski definition) is 5. The molecule has 164 valence electrons. The molecule has 1 fully saturated rings. The number of amides is 2. The van der Waals surface area contributed by atoms with Crippen LogP contribution in [-0.2, 0) is 11.3 Å². The van der Waals surface area contributed by atoms with Crippen molar-refractivity contribution in [1.82, 2.24) is 15.2 Å². The summed E-state index contributed by atoms with van der Waals surface area (Å²) in [4.78, 5) is 33.1. The third-order valence-corrected chi connectivity index (χ3v) is 6.60. The Morgan fingerprint density at radius 3 is 2.61 bits per heavy atom. The van der Waals surface area contributed by atoms with Crippen molar-refractivity contribution >= 4 is 23.2 Å². The van der Waals surface area contributed by atoms with E-state index in [1.165, 1.54) is 11.1 Å². The van der Waals surface area contributed by atoms with E-state index in [4.69, 9.17) is 0 Å². The number of hydrogen-bond donors (Lipinski definition) is 2. The third-order valence-electron chi connectivity index (χ3n) is 6.60. The molecule has 1 unspecified atom stereocenters. The molecule has 0 radical (unpaired) electrons. The lowest BCUT2D eigenvalue weighted by Gasteiger charge is -2.36. The number of fused-ring (bicyclic) bond motifs is 1. The Bertz CT molecular complexity index is 951. The lowest BCUT2D eigenvalue weighted by Crippen LogP contribution is -2.46. The van der Waals surface area contributed by atoms with Crippen LogP contribution in [0.2, 0.25) is 0 Å². The number of nitrogens with zero attached hydrogens (tertiary/aromatic N) is 3. The molecule has 2 amide bonds. The van der Waals surface area contributed by atoms with E-state index in [1.54, 1.807) is 19.3 Å². The summed E-state index contributed by atoms with van der Waals surface area (Å²) in [7, 11) is 1.61. The van der Waals surface area contributed by atoms with Gasteiger partial charge < -0.3 is 15.5 Å². The summed E-state index contributed by atoms with van der Waals surface area (Å²) in [6.07, 6.45) is 2.64. The lowest BCUT2D eigenvalue weighted by molar-refractivity contribution is -0.120. The van der Waals surface area contributed by atoms with Crippen molar-refractivity contribution in [1.29, 1.82) is 0 Å². The number of carbonyl (C=O) groups is 2. The summed E-state index contributed by atoms with van der Waals surface area (Å²) in [5, 5.41) is 5.71. The maximum Gasteiger partial charge on any atom is 0.269 e. The third kappa shape index (κ3) is 4.42. The van der Waals surface area contributed by atoms with Crippen molar-refractivity contribution in [2.45, 2.75) is 32.7 Å². The molecule has 7 nitrogen and oxygen atoms in total. The van der Waals surface area contributed by atoms with Gasteiger partial charge in [0.1, 0.15) is 5.69 Å². The van der Waals surface area contributed by atoms with Crippen molar-refractivity contribution in [2.24, 2.45) is 5.92 Å². The quantitative estimate of drug-likeness (QED) is 0.776. The second-order valence-corrected chi connectivity index (χ2v) is 8.46. The minimum atomic E-state index is -0.169. The zero-order chi connectivity index (χ0) is 22.0. The maximum atomic E-state index is 12.4. The first-order valence-corrected chi connectivity index (χ1v) is 11.1. The van der Waals surface area contributed by atoms with Crippen molar-refractivity contribution in [3.05, 3.63) is 53.3 Å². The molecule has 4 rings (SSSR count). The molecule has 7 heteroatoms. The van der Waals surface area contributed by atoms with Crippen LogP contribution in [0, 0.1) is 5.92 Å². The first-order valence-electron chi connectivity index (χ1n) is 11.1. The van der Waals surface area contributed by atoms with E-state index in [1.807, 2.05) is 6.07 Å². The van der Waals surface area contributed by atoms with E-state index >= 15 is 0 Å². The number of aromatic nitrogens is 1. The number of anilines is 2. The Balaban J connectivity index is 1.36. The van der Waals surface area contributed by atoms with Gasteiger partial charge in [-0.3, -0.25) is 14.5 Å². The Labute approximate surface area is 183 Å². The molecular weight excluding hydrogens is 390 g/mol. The fourth-order valence-corrected chi connectivity index (χ4v) is 4.67. The molecule has 2 aromatic rings. The van der Waals surface area contributed by atoms with Gasteiger partial charge in [0.2, 0.25) is 5.91 Å². The van der Waals surface area contributed by atoms with Crippen molar-refractivity contribution < 1.29 is 9.59 Å². The summed E-state index contributed by atoms with van der Waals surface area (Å²) in [5.74, 6) is 0.294. The number of nitrogens with one attached hydrogen (secondary N) is 2. The normalized spacial score (nSPS) is 21.4. The smallest absolute Gasteiger partial charge is 0.269 e. The first kappa shape index (κ1) is 21.3. The molecule has 1 aromatic carbocycles. The van der Waals surface area contributed by atoms with Gasteiger partial charge in [-0.05, 0) is 41.7 Å². The predicted octanol–water partition coefficient (Wildman–Crippen LogP) is 2.85. The molecule has 2 aliphatic rings. The predicted molar refractivity (Wildman–Crippen MR) is 122 cm³/mol. The van der Waals surface area contributed by atoms with Crippen LogP contribution in [0.25, 0.3) is 0 Å². The van der Waals surface area contributed by atoms with Gasteiger partial charge in [-0.25, -0.2) is 4.98 Å². The highest BCUT2D eigenvalue weighted by atomic mass is 16.2. The first-order chi connectivity index (χ1) is 15.0. The minimum absolute atomic E-state index is 0.0614. The molecule has 1 aromatic heterocycles. The van der Waals surface area contributed by atoms with E-state index in [0.717, 1.165) is 50.5 Å². The zero-order valence-corrected chi connectivity index (χ0v) is 18.5. The summed E-state index contributed by atoms with van der Waals surface area (Å²) in [6, 6.07) is 10.3. The Kier molecular flexibility index (Phi) is 6.23. The largest absolute Gasteiger partial charge is 0.368 e. The van der Waals surface area contributed by atoms with Crippen LogP contribution in [0.15, 0.2) is 36.5 Å². The number of carbonyl (C=O) groups excluding carboxylic acids is 2. The van der Waals surface area contributed by atoms with Crippen LogP contribution < -0.4 is 15.5 Å². The van der Waals surface area contributed by atoms with Gasteiger partial charge in [0.25, 0.3) is 5.91 Å². The van der Waals surface area contributed by atoms with Gasteiger partial charge in [-0.15, -0.1) is 0 Å². The van der Waals surface area contributed by atoms with Gasteiger partial charge in [-0.2, -0.15) is 0 Å². The number of benzene rings is 1. The summed E-state index contributed by atoms with van der Waals surface area (Å²) >= 11 is 0. The molecule has 0 aliphatic carbocycles. The van der Waals surface area contributed by atoms with Gasteiger partial charge in [0.05, 0.1) is 11.9 Å². The molecule has 0 saturated carbocycles. The van der Waals surface area contributed by atoms with E-state index in [2.05, 4.69) is 57.5 Å². The minimum Gasteiger partial charge on any atom is -0.368 e. The van der Waals surface area contributed by atoms with E-state index in [9.17, 15) is 9.59 Å². The summed E-state index contributed by atoms with van der Waals surface area (Å²) in [5.41, 5.74) is 4.92. The van der Waals surface area contributed by atoms with Crippen molar-refractivity contribution in [3.63, 3.8) is 0 Å². The van der Waals surface area contributed by atoms with E-state index in [0.29, 0.717) is 5.69 Å². The van der Waals surface area contributed by atoms with Crippen LogP contribution in [-0.4, -0.2) is 54.9 Å². The molecule has 0 spiro atoms. The number of rotatable bonds is 5. The number of piperazine rings is 1. The molecule has 2 aliphatic heterocycles. The van der Waals surface area contributed by atoms with Gasteiger partial charge in [-0.1, -0.05) is 26.0 Å². The van der Waals surface area contributed by atoms with Crippen molar-refractivity contribution in [2.75, 3.05) is 43.4 Å². The number of pyridine rings is 1. The zero-order valence-electron chi connectivity index (χ0n) is 18.5. The summed E-state index contributed by atoms with van der Waals surface area (Å²) < 4.78 is 0. The highest BCUT2D eigenvalue weighted by Crippen LogP contribution is 2.37. The van der Waals surface area contributed by atoms with Gasteiger partial charge in [0.15, 0.2) is 0 Å². The Hall–Kier alpha value is -2.93. The van der Waals surface area contributed by atoms with Crippen LogP contribution in [0.4, 0.5) is 11.4 Å². The van der Waals surface area contributed by atoms with Crippen LogP contribution in [0.5, 0.6) is 0 Å². The van der Waals surface area contributed by atoms with E-state index in [-0.39, 0.29) is 23.7 Å². The lowest BCUT2D eigenvalue weighted by atomic mass is 9.81. The SMILES string of the molecule is CCC1C(=O)Nc2cc(CN3CCN(c4ccc(C(=O)NC)nc4)CC3)ccc2[C@@H]1C. The average molecular weight is 422 g/mol. The molecule has 2 N–H and O–H groups in total. The van der Waals surface area contributed by atoms with Gasteiger partial charge in [0, 0.05) is 51.4 Å². The van der Waals surface area contributed by atoms with Gasteiger partial charge >= 0.3 is 0 Å². The highest BCUT2D eigenvalue weighted by Gasteiger charge is 2.31. The second kappa shape index (κ2) is 9.06. The average Bonchev–Trinajstić information content (AvgIpc) is 2.79. The van der Waals surface area contributed by atoms with E-state index < -0.39 is 0 Å². The van der Waals surface area contributed by atoms with Crippen LogP contribution in [0.1, 0.15) is 47.8 Å². The molecule has 2 atom stereocenters. The maximum absolute atomic E-state index is 12.4. The molecular formula is C24H31N5O2. The molecule has 0 bridgehead atoms. The summed E-state index contributed by atoms with van der Waals surface area (Å²) in [6.45, 7) is 8.84. The fourth-order valence-electron chi connectivity index (χ4n) is 4.67. The monoisotopic (exact) mass is 421 g/mol. The molecule has 31 heavy (non-hydrogen) atoms. The van der Waals surface area contributed by atoms with Crippen LogP contribution >= 0.6 is 0 Å². The Morgan fingerprint density at radius 1 is 1.19 bits per heavy atom. The fraction of sp³-hybridized carbons (Fsp3) is 0.458.